The highest BCUT2D eigenvalue weighted by atomic mass is 16.6. The van der Waals surface area contributed by atoms with Crippen LogP contribution in [0.5, 0.6) is 0 Å². The van der Waals surface area contributed by atoms with Gasteiger partial charge in [-0.3, -0.25) is 4.79 Å². The third-order valence-electron chi connectivity index (χ3n) is 1.88. The lowest BCUT2D eigenvalue weighted by atomic mass is 10.2. The number of amides is 2. The number of aldehydes is 1. The normalized spacial score (nSPS) is 21.8. The number of carbonyl (C=O) groups is 3. The zero-order valence-electron chi connectivity index (χ0n) is 7.36. The van der Waals surface area contributed by atoms with E-state index in [1.54, 1.807) is 6.92 Å². The number of carbonyl (C=O) groups excluding carboxylic acids is 3. The Bertz CT molecular complexity index is 238. The SMILES string of the molecule is CCOC(=O)N1C(=O)CCC1C=O. The number of rotatable bonds is 2. The van der Waals surface area contributed by atoms with E-state index in [-0.39, 0.29) is 18.9 Å². The molecule has 0 aromatic heterocycles. The number of hydrogen-bond donors (Lipinski definition) is 0. The fraction of sp³-hybridized carbons (Fsp3) is 0.625. The molecule has 0 aromatic carbocycles. The van der Waals surface area contributed by atoms with Gasteiger partial charge < -0.3 is 9.53 Å². The van der Waals surface area contributed by atoms with Gasteiger partial charge in [0.05, 0.1) is 12.6 Å². The number of ether oxygens (including phenoxy) is 1. The Kier molecular flexibility index (Phi) is 3.00. The monoisotopic (exact) mass is 185 g/mol. The van der Waals surface area contributed by atoms with Crippen LogP contribution in [0.3, 0.4) is 0 Å². The van der Waals surface area contributed by atoms with Gasteiger partial charge >= 0.3 is 6.09 Å². The van der Waals surface area contributed by atoms with Crippen molar-refractivity contribution in [2.75, 3.05) is 6.61 Å². The van der Waals surface area contributed by atoms with Gasteiger partial charge in [-0.1, -0.05) is 0 Å². The minimum atomic E-state index is -0.720. The molecule has 1 unspecified atom stereocenters. The highest BCUT2D eigenvalue weighted by Crippen LogP contribution is 2.17. The van der Waals surface area contributed by atoms with E-state index in [1.165, 1.54) is 0 Å². The highest BCUT2D eigenvalue weighted by molar-refractivity contribution is 5.97. The van der Waals surface area contributed by atoms with Gasteiger partial charge in [-0.05, 0) is 13.3 Å². The second kappa shape index (κ2) is 4.02. The zero-order chi connectivity index (χ0) is 9.84. The van der Waals surface area contributed by atoms with E-state index in [1.807, 2.05) is 0 Å². The largest absolute Gasteiger partial charge is 0.449 e. The molecule has 1 heterocycles. The molecular weight excluding hydrogens is 174 g/mol. The van der Waals surface area contributed by atoms with Crippen LogP contribution in [0.25, 0.3) is 0 Å². The fourth-order valence-corrected chi connectivity index (χ4v) is 1.26. The first-order valence-corrected chi connectivity index (χ1v) is 4.14. The quantitative estimate of drug-likeness (QED) is 0.581. The number of nitrogens with zero attached hydrogens (tertiary/aromatic N) is 1. The summed E-state index contributed by atoms with van der Waals surface area (Å²) in [5, 5.41) is 0. The van der Waals surface area contributed by atoms with Crippen LogP contribution in [0.4, 0.5) is 4.79 Å². The van der Waals surface area contributed by atoms with E-state index in [4.69, 9.17) is 0 Å². The predicted molar refractivity (Wildman–Crippen MR) is 43.0 cm³/mol. The number of likely N-dealkylation sites (tertiary alicyclic amines) is 1. The van der Waals surface area contributed by atoms with Crippen molar-refractivity contribution >= 4 is 18.3 Å². The van der Waals surface area contributed by atoms with Crippen LogP contribution < -0.4 is 0 Å². The smallest absolute Gasteiger partial charge is 0.417 e. The van der Waals surface area contributed by atoms with Gasteiger partial charge in [0.25, 0.3) is 0 Å². The van der Waals surface area contributed by atoms with E-state index in [0.717, 1.165) is 4.90 Å². The average molecular weight is 185 g/mol. The summed E-state index contributed by atoms with van der Waals surface area (Å²) in [6.45, 7) is 1.85. The first-order chi connectivity index (χ1) is 6.20. The van der Waals surface area contributed by atoms with Gasteiger partial charge in [0.1, 0.15) is 6.29 Å². The molecule has 0 aliphatic carbocycles. The Morgan fingerprint density at radius 1 is 1.77 bits per heavy atom. The summed E-state index contributed by atoms with van der Waals surface area (Å²) < 4.78 is 4.64. The Labute approximate surface area is 75.6 Å². The second-order valence-electron chi connectivity index (χ2n) is 2.70. The Morgan fingerprint density at radius 2 is 2.46 bits per heavy atom. The molecular formula is C8H11NO4. The third kappa shape index (κ3) is 1.85. The number of imide groups is 1. The lowest BCUT2D eigenvalue weighted by Crippen LogP contribution is -2.39. The van der Waals surface area contributed by atoms with E-state index < -0.39 is 12.1 Å². The van der Waals surface area contributed by atoms with Gasteiger partial charge in [0, 0.05) is 6.42 Å². The average Bonchev–Trinajstić information content (AvgIpc) is 2.47. The summed E-state index contributed by atoms with van der Waals surface area (Å²) in [6.07, 6.45) is 0.521. The Balaban J connectivity index is 2.68. The van der Waals surface area contributed by atoms with Crippen molar-refractivity contribution in [3.8, 4) is 0 Å². The molecule has 1 fully saturated rings. The summed E-state index contributed by atoms with van der Waals surface area (Å²) in [7, 11) is 0. The molecule has 0 aromatic rings. The highest BCUT2D eigenvalue weighted by Gasteiger charge is 2.36. The molecule has 0 radical (unpaired) electrons. The summed E-state index contributed by atoms with van der Waals surface area (Å²) >= 11 is 0. The van der Waals surface area contributed by atoms with Crippen molar-refractivity contribution in [2.24, 2.45) is 0 Å². The second-order valence-corrected chi connectivity index (χ2v) is 2.70. The summed E-state index contributed by atoms with van der Waals surface area (Å²) in [6, 6.07) is -0.633. The van der Waals surface area contributed by atoms with Crippen LogP contribution in [-0.4, -0.2) is 35.8 Å². The summed E-state index contributed by atoms with van der Waals surface area (Å²) in [5.74, 6) is -0.337. The molecule has 0 bridgehead atoms. The van der Waals surface area contributed by atoms with Crippen molar-refractivity contribution in [1.29, 1.82) is 0 Å². The molecule has 1 atom stereocenters. The zero-order valence-corrected chi connectivity index (χ0v) is 7.36. The molecule has 5 nitrogen and oxygen atoms in total. The first kappa shape index (κ1) is 9.70. The first-order valence-electron chi connectivity index (χ1n) is 4.14. The van der Waals surface area contributed by atoms with Gasteiger partial charge in [-0.15, -0.1) is 0 Å². The Morgan fingerprint density at radius 3 is 3.00 bits per heavy atom. The van der Waals surface area contributed by atoms with E-state index in [9.17, 15) is 14.4 Å². The van der Waals surface area contributed by atoms with Gasteiger partial charge in [0.2, 0.25) is 5.91 Å². The number of hydrogen-bond acceptors (Lipinski definition) is 4. The van der Waals surface area contributed by atoms with Crippen molar-refractivity contribution in [3.63, 3.8) is 0 Å². The van der Waals surface area contributed by atoms with Crippen molar-refractivity contribution in [3.05, 3.63) is 0 Å². The molecule has 2 amide bonds. The van der Waals surface area contributed by atoms with Crippen LogP contribution in [0.1, 0.15) is 19.8 Å². The summed E-state index contributed by atoms with van der Waals surface area (Å²) in [4.78, 5) is 33.6. The summed E-state index contributed by atoms with van der Waals surface area (Å²) in [5.41, 5.74) is 0. The lowest BCUT2D eigenvalue weighted by Gasteiger charge is -2.16. The molecule has 1 rings (SSSR count). The van der Waals surface area contributed by atoms with Crippen LogP contribution in [0.15, 0.2) is 0 Å². The van der Waals surface area contributed by atoms with E-state index >= 15 is 0 Å². The van der Waals surface area contributed by atoms with Gasteiger partial charge in [-0.2, -0.15) is 0 Å². The fourth-order valence-electron chi connectivity index (χ4n) is 1.26. The van der Waals surface area contributed by atoms with E-state index in [0.29, 0.717) is 12.7 Å². The minimum absolute atomic E-state index is 0.203. The molecule has 72 valence electrons. The topological polar surface area (TPSA) is 63.7 Å². The third-order valence-corrected chi connectivity index (χ3v) is 1.88. The molecule has 1 aliphatic heterocycles. The van der Waals surface area contributed by atoms with Crippen molar-refractivity contribution in [1.82, 2.24) is 4.90 Å². The van der Waals surface area contributed by atoms with Crippen LogP contribution in [0.2, 0.25) is 0 Å². The minimum Gasteiger partial charge on any atom is -0.449 e. The molecule has 1 aliphatic rings. The molecule has 13 heavy (non-hydrogen) atoms. The van der Waals surface area contributed by atoms with Gasteiger partial charge in [0.15, 0.2) is 0 Å². The molecule has 5 heteroatoms. The maximum Gasteiger partial charge on any atom is 0.417 e. The van der Waals surface area contributed by atoms with Crippen molar-refractivity contribution in [2.45, 2.75) is 25.8 Å². The molecule has 0 saturated carbocycles. The maximum atomic E-state index is 11.1. The van der Waals surface area contributed by atoms with Crippen LogP contribution >= 0.6 is 0 Å². The van der Waals surface area contributed by atoms with Crippen LogP contribution in [-0.2, 0) is 14.3 Å². The van der Waals surface area contributed by atoms with Crippen LogP contribution in [0, 0.1) is 0 Å². The molecule has 0 N–H and O–H groups in total. The molecule has 0 spiro atoms. The maximum absolute atomic E-state index is 11.1. The lowest BCUT2D eigenvalue weighted by molar-refractivity contribution is -0.129. The molecule has 1 saturated heterocycles. The predicted octanol–water partition coefficient (Wildman–Crippen LogP) is 0.333. The Hall–Kier alpha value is -1.39. The van der Waals surface area contributed by atoms with E-state index in [2.05, 4.69) is 4.74 Å². The standard InChI is InChI=1S/C8H11NO4/c1-2-13-8(12)9-6(5-10)3-4-7(9)11/h5-6H,2-4H2,1H3. The van der Waals surface area contributed by atoms with Gasteiger partial charge in [-0.25, -0.2) is 9.69 Å². The van der Waals surface area contributed by atoms with Crippen molar-refractivity contribution < 1.29 is 19.1 Å².